The Morgan fingerprint density at radius 2 is 1.84 bits per heavy atom. The average molecular weight is 261 g/mol. The number of benzene rings is 1. The van der Waals surface area contributed by atoms with Crippen LogP contribution in [0.15, 0.2) is 24.3 Å². The van der Waals surface area contributed by atoms with E-state index in [9.17, 15) is 14.7 Å². The Hall–Kier alpha value is -1.84. The van der Waals surface area contributed by atoms with Gasteiger partial charge in [-0.3, -0.25) is 9.59 Å². The summed E-state index contributed by atoms with van der Waals surface area (Å²) in [5, 5.41) is 9.28. The molecule has 102 valence electrons. The van der Waals surface area contributed by atoms with Crippen molar-refractivity contribution < 1.29 is 14.7 Å². The maximum Gasteiger partial charge on any atom is 0.319 e. The van der Waals surface area contributed by atoms with Crippen LogP contribution >= 0.6 is 0 Å². The molecule has 0 heterocycles. The van der Waals surface area contributed by atoms with Crippen LogP contribution in [0.1, 0.15) is 31.7 Å². The summed E-state index contributed by atoms with van der Waals surface area (Å²) in [4.78, 5) is 25.2. The third-order valence-corrected chi connectivity index (χ3v) is 4.06. The Bertz CT molecular complexity index is 489. The van der Waals surface area contributed by atoms with Crippen molar-refractivity contribution in [1.29, 1.82) is 0 Å². The van der Waals surface area contributed by atoms with E-state index in [1.54, 1.807) is 7.05 Å². The second-order valence-electron chi connectivity index (χ2n) is 5.12. The van der Waals surface area contributed by atoms with E-state index in [1.165, 1.54) is 10.5 Å². The van der Waals surface area contributed by atoms with Gasteiger partial charge in [0.25, 0.3) is 0 Å². The average Bonchev–Trinajstić information content (AvgIpc) is 2.36. The van der Waals surface area contributed by atoms with Crippen LogP contribution in [-0.4, -0.2) is 24.0 Å². The zero-order valence-corrected chi connectivity index (χ0v) is 11.3. The van der Waals surface area contributed by atoms with E-state index in [0.717, 1.165) is 18.5 Å². The van der Waals surface area contributed by atoms with Gasteiger partial charge in [-0.05, 0) is 37.0 Å². The molecule has 0 bridgehead atoms. The predicted molar refractivity (Wildman–Crippen MR) is 73.1 cm³/mol. The first-order valence-electron chi connectivity index (χ1n) is 6.62. The summed E-state index contributed by atoms with van der Waals surface area (Å²) in [6, 6.07) is 7.66. The summed E-state index contributed by atoms with van der Waals surface area (Å²) < 4.78 is 0. The molecule has 4 heteroatoms. The number of carboxylic acids is 1. The number of hydrogen-bond acceptors (Lipinski definition) is 2. The number of carboxylic acid groups (broad SMARTS) is 1. The Kier molecular flexibility index (Phi) is 3.60. The van der Waals surface area contributed by atoms with Crippen molar-refractivity contribution in [3.05, 3.63) is 29.8 Å². The number of carbonyl (C=O) groups is 2. The molecule has 2 rings (SSSR count). The highest BCUT2D eigenvalue weighted by atomic mass is 16.4. The fraction of sp³-hybridized carbons (Fsp3) is 0.467. The molecule has 1 aromatic carbocycles. The van der Waals surface area contributed by atoms with Gasteiger partial charge in [-0.15, -0.1) is 0 Å². The van der Waals surface area contributed by atoms with E-state index in [-0.39, 0.29) is 5.91 Å². The highest BCUT2D eigenvalue weighted by Gasteiger charge is 2.52. The summed E-state index contributed by atoms with van der Waals surface area (Å²) in [5.41, 5.74) is 0.744. The zero-order valence-electron chi connectivity index (χ0n) is 11.3. The molecule has 1 saturated carbocycles. The first-order chi connectivity index (χ1) is 9.01. The molecule has 0 aliphatic heterocycles. The molecular formula is C15H19NO3. The molecule has 0 aromatic heterocycles. The van der Waals surface area contributed by atoms with Gasteiger partial charge in [-0.25, -0.2) is 0 Å². The van der Waals surface area contributed by atoms with Crippen LogP contribution in [0.4, 0.5) is 5.69 Å². The standard InChI is InChI=1S/C15H19NO3/c1-3-11-5-7-12(8-6-11)16(2)13(17)15(14(18)19)9-4-10-15/h5-8H,3-4,9-10H2,1-2H3,(H,18,19). The predicted octanol–water partition coefficient (Wildman–Crippen LogP) is 2.47. The van der Waals surface area contributed by atoms with E-state index < -0.39 is 11.4 Å². The molecule has 0 spiro atoms. The van der Waals surface area contributed by atoms with Gasteiger partial charge in [0.1, 0.15) is 5.41 Å². The topological polar surface area (TPSA) is 57.6 Å². The van der Waals surface area contributed by atoms with Crippen molar-refractivity contribution in [3.63, 3.8) is 0 Å². The number of anilines is 1. The second-order valence-corrected chi connectivity index (χ2v) is 5.12. The summed E-state index contributed by atoms with van der Waals surface area (Å²) in [7, 11) is 1.65. The molecule has 4 nitrogen and oxygen atoms in total. The third kappa shape index (κ3) is 2.23. The van der Waals surface area contributed by atoms with Gasteiger partial charge in [-0.1, -0.05) is 25.5 Å². The van der Waals surface area contributed by atoms with Crippen molar-refractivity contribution in [2.24, 2.45) is 5.41 Å². The first-order valence-corrected chi connectivity index (χ1v) is 6.62. The molecular weight excluding hydrogens is 242 g/mol. The quantitative estimate of drug-likeness (QED) is 0.847. The summed E-state index contributed by atoms with van der Waals surface area (Å²) in [6.45, 7) is 2.07. The molecule has 0 radical (unpaired) electrons. The minimum Gasteiger partial charge on any atom is -0.480 e. The molecule has 0 atom stereocenters. The fourth-order valence-electron chi connectivity index (χ4n) is 2.44. The molecule has 1 aromatic rings. The lowest BCUT2D eigenvalue weighted by Crippen LogP contribution is -2.51. The number of aliphatic carboxylic acids is 1. The first kappa shape index (κ1) is 13.6. The van der Waals surface area contributed by atoms with Crippen molar-refractivity contribution in [1.82, 2.24) is 0 Å². The SMILES string of the molecule is CCc1ccc(N(C)C(=O)C2(C(=O)O)CCC2)cc1. The van der Waals surface area contributed by atoms with Gasteiger partial charge in [-0.2, -0.15) is 0 Å². The number of nitrogens with zero attached hydrogens (tertiary/aromatic N) is 1. The summed E-state index contributed by atoms with van der Waals surface area (Å²) in [5.74, 6) is -1.31. The van der Waals surface area contributed by atoms with Crippen LogP contribution in [0.5, 0.6) is 0 Å². The minimum absolute atomic E-state index is 0.310. The van der Waals surface area contributed by atoms with Crippen LogP contribution in [0.25, 0.3) is 0 Å². The fourth-order valence-corrected chi connectivity index (χ4v) is 2.44. The summed E-state index contributed by atoms with van der Waals surface area (Å²) in [6.07, 6.45) is 2.63. The number of amides is 1. The second kappa shape index (κ2) is 5.03. The van der Waals surface area contributed by atoms with E-state index in [1.807, 2.05) is 24.3 Å². The largest absolute Gasteiger partial charge is 0.480 e. The van der Waals surface area contributed by atoms with Crippen molar-refractivity contribution in [3.8, 4) is 0 Å². The zero-order chi connectivity index (χ0) is 14.0. The van der Waals surface area contributed by atoms with E-state index in [0.29, 0.717) is 12.8 Å². The molecule has 1 fully saturated rings. The minimum atomic E-state index is -1.20. The van der Waals surface area contributed by atoms with Crippen LogP contribution in [0, 0.1) is 5.41 Å². The van der Waals surface area contributed by atoms with Gasteiger partial charge in [0.05, 0.1) is 0 Å². The van der Waals surface area contributed by atoms with Crippen molar-refractivity contribution in [2.45, 2.75) is 32.6 Å². The molecule has 1 amide bonds. The van der Waals surface area contributed by atoms with Gasteiger partial charge in [0, 0.05) is 12.7 Å². The highest BCUT2D eigenvalue weighted by molar-refractivity contribution is 6.10. The third-order valence-electron chi connectivity index (χ3n) is 4.06. The Labute approximate surface area is 113 Å². The van der Waals surface area contributed by atoms with E-state index in [4.69, 9.17) is 0 Å². The van der Waals surface area contributed by atoms with Crippen LogP contribution in [0.2, 0.25) is 0 Å². The van der Waals surface area contributed by atoms with Crippen LogP contribution < -0.4 is 4.90 Å². The molecule has 1 aliphatic rings. The molecule has 1 N–H and O–H groups in total. The van der Waals surface area contributed by atoms with E-state index >= 15 is 0 Å². The van der Waals surface area contributed by atoms with E-state index in [2.05, 4.69) is 6.92 Å². The van der Waals surface area contributed by atoms with Crippen LogP contribution in [-0.2, 0) is 16.0 Å². The molecule has 1 aliphatic carbocycles. The normalized spacial score (nSPS) is 16.5. The molecule has 0 unspecified atom stereocenters. The smallest absolute Gasteiger partial charge is 0.319 e. The van der Waals surface area contributed by atoms with Gasteiger partial charge in [0.15, 0.2) is 0 Å². The van der Waals surface area contributed by atoms with Crippen molar-refractivity contribution >= 4 is 17.6 Å². The molecule has 0 saturated heterocycles. The maximum absolute atomic E-state index is 12.4. The highest BCUT2D eigenvalue weighted by Crippen LogP contribution is 2.43. The summed E-state index contributed by atoms with van der Waals surface area (Å²) >= 11 is 0. The lowest BCUT2D eigenvalue weighted by atomic mass is 9.68. The lowest BCUT2D eigenvalue weighted by Gasteiger charge is -2.38. The van der Waals surface area contributed by atoms with Gasteiger partial charge < -0.3 is 10.0 Å². The monoisotopic (exact) mass is 261 g/mol. The number of carbonyl (C=O) groups excluding carboxylic acids is 1. The molecule has 19 heavy (non-hydrogen) atoms. The van der Waals surface area contributed by atoms with Crippen molar-refractivity contribution in [2.75, 3.05) is 11.9 Å². The maximum atomic E-state index is 12.4. The number of rotatable bonds is 4. The van der Waals surface area contributed by atoms with Gasteiger partial charge in [0.2, 0.25) is 5.91 Å². The number of aryl methyl sites for hydroxylation is 1. The Morgan fingerprint density at radius 1 is 1.26 bits per heavy atom. The van der Waals surface area contributed by atoms with Crippen LogP contribution in [0.3, 0.4) is 0 Å². The lowest BCUT2D eigenvalue weighted by molar-refractivity contribution is -0.160. The Balaban J connectivity index is 2.20. The van der Waals surface area contributed by atoms with Gasteiger partial charge >= 0.3 is 5.97 Å². The Morgan fingerprint density at radius 3 is 2.21 bits per heavy atom. The number of hydrogen-bond donors (Lipinski definition) is 1.